The van der Waals surface area contributed by atoms with Gasteiger partial charge in [-0.2, -0.15) is 0 Å². The normalized spacial score (nSPS) is 12.9. The highest BCUT2D eigenvalue weighted by Gasteiger charge is 2.43. The predicted octanol–water partition coefficient (Wildman–Crippen LogP) is 11.1. The number of hydrogen-bond acceptors (Lipinski definition) is 2. The standard InChI is InChI=1S/C52H41BN2/c1-36-15-13-22-44(33-36)55-48-24-14-23-47-51(48)53(46-32-26-38(3)35-50(46)55)45-31-25-37(2)34-49(45)54(47)43-29-27-42(28-30-43)52(39-16-7-4-8-17-39,40-18-9-5-10-19-40)41-20-11-6-12-21-41/h4-35H,1-3H3. The maximum atomic E-state index is 2.50. The van der Waals surface area contributed by atoms with Crippen LogP contribution >= 0.6 is 0 Å². The highest BCUT2D eigenvalue weighted by atomic mass is 15.2. The maximum absolute atomic E-state index is 2.50. The molecule has 0 unspecified atom stereocenters. The second-order valence-electron chi connectivity index (χ2n) is 15.2. The van der Waals surface area contributed by atoms with Crippen molar-refractivity contribution in [2.24, 2.45) is 0 Å². The molecule has 3 heteroatoms. The predicted molar refractivity (Wildman–Crippen MR) is 233 cm³/mol. The lowest BCUT2D eigenvalue weighted by molar-refractivity contribution is 0.745. The third kappa shape index (κ3) is 5.18. The van der Waals surface area contributed by atoms with Gasteiger partial charge >= 0.3 is 0 Å². The van der Waals surface area contributed by atoms with Crippen LogP contribution in [0, 0.1) is 20.8 Å². The van der Waals surface area contributed by atoms with Crippen LogP contribution in [0.3, 0.4) is 0 Å². The SMILES string of the molecule is Cc1cccc(N2c3cc(C)ccc3B3c4ccc(C)cc4N(c4ccc(C(c5ccccc5)(c5ccccc5)c5ccccc5)cc4)c4cccc2c43)c1. The summed E-state index contributed by atoms with van der Waals surface area (Å²) in [5.41, 5.74) is 19.5. The molecule has 55 heavy (non-hydrogen) atoms. The zero-order valence-electron chi connectivity index (χ0n) is 31.4. The fourth-order valence-electron chi connectivity index (χ4n) is 9.40. The molecule has 2 heterocycles. The van der Waals surface area contributed by atoms with E-state index in [1.54, 1.807) is 0 Å². The van der Waals surface area contributed by atoms with Crippen molar-refractivity contribution in [2.75, 3.05) is 9.80 Å². The molecule has 8 aromatic rings. The number of benzene rings is 8. The highest BCUT2D eigenvalue weighted by molar-refractivity contribution is 7.00. The highest BCUT2D eigenvalue weighted by Crippen LogP contribution is 2.48. The Morgan fingerprint density at radius 1 is 0.345 bits per heavy atom. The molecule has 10 rings (SSSR count). The fourth-order valence-corrected chi connectivity index (χ4v) is 9.40. The van der Waals surface area contributed by atoms with Gasteiger partial charge in [-0.25, -0.2) is 0 Å². The van der Waals surface area contributed by atoms with Gasteiger partial charge in [-0.3, -0.25) is 0 Å². The van der Waals surface area contributed by atoms with Crippen LogP contribution in [0.15, 0.2) is 194 Å². The summed E-state index contributed by atoms with van der Waals surface area (Å²) >= 11 is 0. The third-order valence-electron chi connectivity index (χ3n) is 11.7. The first kappa shape index (κ1) is 33.0. The van der Waals surface area contributed by atoms with Crippen LogP contribution in [0.25, 0.3) is 0 Å². The summed E-state index contributed by atoms with van der Waals surface area (Å²) in [6.45, 7) is 6.70. The van der Waals surface area contributed by atoms with Crippen molar-refractivity contribution in [1.82, 2.24) is 0 Å². The van der Waals surface area contributed by atoms with Gasteiger partial charge in [-0.15, -0.1) is 0 Å². The van der Waals surface area contributed by atoms with E-state index in [0.717, 1.165) is 5.69 Å². The molecule has 2 aliphatic rings. The summed E-state index contributed by atoms with van der Waals surface area (Å²) < 4.78 is 0. The summed E-state index contributed by atoms with van der Waals surface area (Å²) in [7, 11) is 0. The Morgan fingerprint density at radius 3 is 1.27 bits per heavy atom. The number of fused-ring (bicyclic) bond motifs is 4. The molecule has 0 N–H and O–H groups in total. The molecule has 262 valence electrons. The Balaban J connectivity index is 1.20. The van der Waals surface area contributed by atoms with Gasteiger partial charge in [0.2, 0.25) is 0 Å². The minimum atomic E-state index is -0.508. The minimum Gasteiger partial charge on any atom is -0.311 e. The topological polar surface area (TPSA) is 6.48 Å². The lowest BCUT2D eigenvalue weighted by Crippen LogP contribution is -2.61. The van der Waals surface area contributed by atoms with E-state index in [1.165, 1.54) is 83.8 Å². The Bertz CT molecular complexity index is 2590. The molecular formula is C52H41BN2. The van der Waals surface area contributed by atoms with Crippen molar-refractivity contribution in [1.29, 1.82) is 0 Å². The quantitative estimate of drug-likeness (QED) is 0.126. The van der Waals surface area contributed by atoms with Gasteiger partial charge in [-0.1, -0.05) is 146 Å². The van der Waals surface area contributed by atoms with Crippen molar-refractivity contribution < 1.29 is 0 Å². The van der Waals surface area contributed by atoms with Gasteiger partial charge in [0.25, 0.3) is 6.71 Å². The molecule has 0 bridgehead atoms. The van der Waals surface area contributed by atoms with Crippen LogP contribution in [0.4, 0.5) is 34.1 Å². The van der Waals surface area contributed by atoms with Crippen LogP contribution in [-0.4, -0.2) is 6.71 Å². The smallest absolute Gasteiger partial charge is 0.252 e. The van der Waals surface area contributed by atoms with Crippen molar-refractivity contribution in [3.05, 3.63) is 233 Å². The fraction of sp³-hybridized carbons (Fsp3) is 0.0769. The monoisotopic (exact) mass is 704 g/mol. The van der Waals surface area contributed by atoms with E-state index in [-0.39, 0.29) is 6.71 Å². The minimum absolute atomic E-state index is 0.107. The molecule has 0 spiro atoms. The summed E-state index contributed by atoms with van der Waals surface area (Å²) in [4.78, 5) is 4.99. The lowest BCUT2D eigenvalue weighted by atomic mass is 9.33. The molecule has 0 atom stereocenters. The van der Waals surface area contributed by atoms with Crippen LogP contribution in [0.1, 0.15) is 38.9 Å². The van der Waals surface area contributed by atoms with E-state index in [9.17, 15) is 0 Å². The van der Waals surface area contributed by atoms with Crippen LogP contribution in [0.5, 0.6) is 0 Å². The Kier molecular flexibility index (Phi) is 7.85. The Morgan fingerprint density at radius 2 is 0.782 bits per heavy atom. The number of nitrogens with zero attached hydrogens (tertiary/aromatic N) is 2. The van der Waals surface area contributed by atoms with E-state index >= 15 is 0 Å². The molecule has 0 saturated carbocycles. The van der Waals surface area contributed by atoms with Crippen LogP contribution in [0.2, 0.25) is 0 Å². The molecular weight excluding hydrogens is 663 g/mol. The van der Waals surface area contributed by atoms with Crippen molar-refractivity contribution >= 4 is 57.2 Å². The lowest BCUT2D eigenvalue weighted by Gasteiger charge is -2.44. The van der Waals surface area contributed by atoms with Gasteiger partial charge in [0.15, 0.2) is 0 Å². The van der Waals surface area contributed by atoms with Crippen molar-refractivity contribution in [3.63, 3.8) is 0 Å². The Hall–Kier alpha value is -6.58. The molecule has 2 nitrogen and oxygen atoms in total. The molecule has 0 radical (unpaired) electrons. The van der Waals surface area contributed by atoms with Crippen molar-refractivity contribution in [2.45, 2.75) is 26.2 Å². The summed E-state index contributed by atoms with van der Waals surface area (Å²) in [6.07, 6.45) is 0. The van der Waals surface area contributed by atoms with E-state index < -0.39 is 5.41 Å². The van der Waals surface area contributed by atoms with Crippen LogP contribution < -0.4 is 26.2 Å². The van der Waals surface area contributed by atoms with E-state index in [0.29, 0.717) is 0 Å². The van der Waals surface area contributed by atoms with E-state index in [4.69, 9.17) is 0 Å². The summed E-state index contributed by atoms with van der Waals surface area (Å²) in [5, 5.41) is 0. The maximum Gasteiger partial charge on any atom is 0.252 e. The third-order valence-corrected chi connectivity index (χ3v) is 11.7. The number of hydrogen-bond donors (Lipinski definition) is 0. The first-order valence-electron chi connectivity index (χ1n) is 19.3. The molecule has 0 saturated heterocycles. The van der Waals surface area contributed by atoms with Gasteiger partial charge in [0, 0.05) is 34.1 Å². The Labute approximate surface area is 325 Å². The van der Waals surface area contributed by atoms with Gasteiger partial charge in [-0.05, 0) is 125 Å². The number of rotatable bonds is 6. The summed E-state index contributed by atoms with van der Waals surface area (Å²) in [6, 6.07) is 72.1. The average molecular weight is 705 g/mol. The number of aryl methyl sites for hydroxylation is 3. The van der Waals surface area contributed by atoms with Gasteiger partial charge in [0.1, 0.15) is 0 Å². The molecule has 0 aliphatic carbocycles. The number of anilines is 6. The van der Waals surface area contributed by atoms with Crippen molar-refractivity contribution in [3.8, 4) is 0 Å². The molecule has 2 aliphatic heterocycles. The van der Waals surface area contributed by atoms with Gasteiger partial charge < -0.3 is 9.80 Å². The molecule has 8 aromatic carbocycles. The largest absolute Gasteiger partial charge is 0.311 e. The zero-order chi connectivity index (χ0) is 37.1. The van der Waals surface area contributed by atoms with Crippen LogP contribution in [-0.2, 0) is 5.41 Å². The summed E-state index contributed by atoms with van der Waals surface area (Å²) in [5.74, 6) is 0. The second-order valence-corrected chi connectivity index (χ2v) is 15.2. The second kappa shape index (κ2) is 13.1. The van der Waals surface area contributed by atoms with E-state index in [1.807, 2.05) is 0 Å². The van der Waals surface area contributed by atoms with Gasteiger partial charge in [0.05, 0.1) is 5.41 Å². The average Bonchev–Trinajstić information content (AvgIpc) is 3.22. The van der Waals surface area contributed by atoms with E-state index in [2.05, 4.69) is 225 Å². The molecule has 0 amide bonds. The molecule has 0 aromatic heterocycles. The first-order valence-corrected chi connectivity index (χ1v) is 19.3. The molecule has 0 fully saturated rings. The first-order chi connectivity index (χ1) is 27.0. The zero-order valence-corrected chi connectivity index (χ0v) is 31.4.